The molecule has 2 N–H and O–H groups in total. The monoisotopic (exact) mass is 500 g/mol. The smallest absolute Gasteiger partial charge is 0.163 e. The number of hydrogen-bond acceptors (Lipinski definition) is 8. The van der Waals surface area contributed by atoms with E-state index in [0.29, 0.717) is 34.8 Å². The van der Waals surface area contributed by atoms with Gasteiger partial charge in [0.25, 0.3) is 0 Å². The van der Waals surface area contributed by atoms with Crippen LogP contribution in [-0.2, 0) is 0 Å². The Morgan fingerprint density at radius 1 is 1.19 bits per heavy atom. The van der Waals surface area contributed by atoms with Gasteiger partial charge in [0, 0.05) is 48.7 Å². The lowest BCUT2D eigenvalue weighted by atomic mass is 10.2. The molecular weight excluding hydrogens is 478 g/mol. The van der Waals surface area contributed by atoms with E-state index in [-0.39, 0.29) is 28.9 Å². The first kappa shape index (κ1) is 24.4. The fourth-order valence-electron chi connectivity index (χ4n) is 3.31. The number of halogens is 3. The van der Waals surface area contributed by atoms with Gasteiger partial charge in [-0.15, -0.1) is 12.4 Å². The highest BCUT2D eigenvalue weighted by Gasteiger charge is 2.15. The second-order valence-electron chi connectivity index (χ2n) is 6.95. The summed E-state index contributed by atoms with van der Waals surface area (Å²) in [7, 11) is 1.56. The molecule has 0 radical (unpaired) electrons. The molecule has 4 rings (SSSR count). The number of phenols is 1. The Labute approximate surface area is 200 Å². The quantitative estimate of drug-likeness (QED) is 0.481. The number of nitrogens with zero attached hydrogens (tertiary/aromatic N) is 3. The number of aromatic hydroxyl groups is 1. The van der Waals surface area contributed by atoms with Gasteiger partial charge in [0.2, 0.25) is 0 Å². The number of fused-ring (bicyclic) bond motifs is 1. The summed E-state index contributed by atoms with van der Waals surface area (Å²) in [6.45, 7) is 3.53. The molecule has 11 heteroatoms. The zero-order valence-electron chi connectivity index (χ0n) is 17.3. The number of phenolic OH excluding ortho intramolecular Hbond substituents is 1. The maximum absolute atomic E-state index is 14.3. The summed E-state index contributed by atoms with van der Waals surface area (Å²) < 4.78 is 25.8. The van der Waals surface area contributed by atoms with Crippen LogP contribution in [0.1, 0.15) is 0 Å². The van der Waals surface area contributed by atoms with Gasteiger partial charge in [0.15, 0.2) is 11.5 Å². The van der Waals surface area contributed by atoms with Gasteiger partial charge < -0.3 is 19.9 Å². The first-order chi connectivity index (χ1) is 15.0. The van der Waals surface area contributed by atoms with E-state index < -0.39 is 5.82 Å². The summed E-state index contributed by atoms with van der Waals surface area (Å²) in [6.07, 6.45) is 1.38. The largest absolute Gasteiger partial charge is 0.506 e. The lowest BCUT2D eigenvalue weighted by Gasteiger charge is -2.26. The molecule has 2 aromatic carbocycles. The maximum atomic E-state index is 14.3. The lowest BCUT2D eigenvalue weighted by molar-refractivity contribution is 0.217. The van der Waals surface area contributed by atoms with Crippen LogP contribution in [0.4, 0.5) is 15.9 Å². The minimum atomic E-state index is -0.613. The van der Waals surface area contributed by atoms with Crippen LogP contribution in [-0.4, -0.2) is 64.8 Å². The Morgan fingerprint density at radius 2 is 1.97 bits per heavy atom. The molecule has 1 saturated heterocycles. The number of methoxy groups -OCH3 is 1. The molecule has 0 spiro atoms. The zero-order valence-corrected chi connectivity index (χ0v) is 19.7. The first-order valence-corrected chi connectivity index (χ1v) is 11.3. The van der Waals surface area contributed by atoms with Crippen LogP contribution in [0.25, 0.3) is 10.9 Å². The molecule has 32 heavy (non-hydrogen) atoms. The predicted octanol–water partition coefficient (Wildman–Crippen LogP) is 4.73. The first-order valence-electron chi connectivity index (χ1n) is 9.76. The molecule has 0 amide bonds. The Balaban J connectivity index is 0.00000289. The minimum absolute atomic E-state index is 0. The van der Waals surface area contributed by atoms with E-state index in [0.717, 1.165) is 37.2 Å². The van der Waals surface area contributed by atoms with Crippen molar-refractivity contribution in [1.29, 1.82) is 0 Å². The van der Waals surface area contributed by atoms with Crippen molar-refractivity contribution in [3.8, 4) is 17.2 Å². The number of nitrogens with one attached hydrogen (secondary N) is 1. The van der Waals surface area contributed by atoms with Crippen LogP contribution in [0, 0.1) is 5.82 Å². The average Bonchev–Trinajstić information content (AvgIpc) is 2.78. The van der Waals surface area contributed by atoms with Crippen LogP contribution in [0.2, 0.25) is 5.02 Å². The van der Waals surface area contributed by atoms with Crippen molar-refractivity contribution in [3.63, 3.8) is 0 Å². The zero-order chi connectivity index (χ0) is 21.8. The van der Waals surface area contributed by atoms with E-state index in [1.165, 1.54) is 12.4 Å². The summed E-state index contributed by atoms with van der Waals surface area (Å²) in [4.78, 5) is 10.9. The summed E-state index contributed by atoms with van der Waals surface area (Å²) in [5.74, 6) is 2.93. The SMILES string of the molecule is COc1cc2c(Nc3cc(O)c(Cl)cc3F)ncnc2cc1OCCN1CCSCC1.Cl. The number of anilines is 2. The van der Waals surface area contributed by atoms with Crippen LogP contribution in [0.15, 0.2) is 30.6 Å². The third-order valence-corrected chi connectivity index (χ3v) is 6.22. The van der Waals surface area contributed by atoms with Crippen molar-refractivity contribution < 1.29 is 19.0 Å². The molecule has 0 aliphatic carbocycles. The molecule has 1 aromatic heterocycles. The van der Waals surface area contributed by atoms with Crippen molar-refractivity contribution in [3.05, 3.63) is 41.4 Å². The second kappa shape index (κ2) is 11.1. The van der Waals surface area contributed by atoms with E-state index >= 15 is 0 Å². The molecular formula is C21H23Cl2FN4O3S. The summed E-state index contributed by atoms with van der Waals surface area (Å²) in [5, 5.41) is 13.2. The minimum Gasteiger partial charge on any atom is -0.506 e. The highest BCUT2D eigenvalue weighted by Crippen LogP contribution is 2.36. The fraction of sp³-hybridized carbons (Fsp3) is 0.333. The molecule has 0 unspecified atom stereocenters. The van der Waals surface area contributed by atoms with Crippen molar-refractivity contribution in [2.45, 2.75) is 0 Å². The molecule has 3 aromatic rings. The Kier molecular flexibility index (Phi) is 8.47. The lowest BCUT2D eigenvalue weighted by Crippen LogP contribution is -2.35. The number of thioether (sulfide) groups is 1. The standard InChI is InChI=1S/C21H22ClFN4O3S.ClH/c1-29-19-8-13-16(11-20(19)30-5-2-27-3-6-31-7-4-27)24-12-25-21(13)26-17-10-18(28)14(22)9-15(17)23;/h8-12,28H,2-7H2,1H3,(H,24,25,26);1H. The summed E-state index contributed by atoms with van der Waals surface area (Å²) in [5.41, 5.74) is 0.655. The van der Waals surface area contributed by atoms with E-state index in [2.05, 4.69) is 20.2 Å². The summed E-state index contributed by atoms with van der Waals surface area (Å²) in [6, 6.07) is 5.77. The summed E-state index contributed by atoms with van der Waals surface area (Å²) >= 11 is 7.73. The maximum Gasteiger partial charge on any atom is 0.163 e. The number of rotatable bonds is 7. The van der Waals surface area contributed by atoms with E-state index in [9.17, 15) is 9.50 Å². The van der Waals surface area contributed by atoms with Gasteiger partial charge in [0.05, 0.1) is 23.3 Å². The Bertz CT molecular complexity index is 1090. The predicted molar refractivity (Wildman–Crippen MR) is 129 cm³/mol. The van der Waals surface area contributed by atoms with E-state index in [1.807, 2.05) is 11.8 Å². The van der Waals surface area contributed by atoms with Crippen molar-refractivity contribution in [1.82, 2.24) is 14.9 Å². The Morgan fingerprint density at radius 3 is 2.72 bits per heavy atom. The molecule has 1 fully saturated rings. The number of benzene rings is 2. The highest BCUT2D eigenvalue weighted by atomic mass is 35.5. The van der Waals surface area contributed by atoms with Crippen molar-refractivity contribution >= 4 is 58.2 Å². The average molecular weight is 501 g/mol. The normalized spacial score (nSPS) is 14.1. The van der Waals surface area contributed by atoms with Crippen molar-refractivity contribution in [2.24, 2.45) is 0 Å². The third-order valence-electron chi connectivity index (χ3n) is 4.98. The Hall–Kier alpha value is -2.20. The van der Waals surface area contributed by atoms with Crippen LogP contribution < -0.4 is 14.8 Å². The molecule has 172 valence electrons. The van der Waals surface area contributed by atoms with Crippen LogP contribution in [0.3, 0.4) is 0 Å². The topological polar surface area (TPSA) is 79.7 Å². The van der Waals surface area contributed by atoms with Gasteiger partial charge in [-0.2, -0.15) is 11.8 Å². The molecule has 1 aliphatic heterocycles. The van der Waals surface area contributed by atoms with Gasteiger partial charge in [-0.3, -0.25) is 4.90 Å². The molecule has 7 nitrogen and oxygen atoms in total. The molecule has 1 aliphatic rings. The van der Waals surface area contributed by atoms with Gasteiger partial charge in [-0.05, 0) is 12.1 Å². The van der Waals surface area contributed by atoms with Gasteiger partial charge in [-0.25, -0.2) is 14.4 Å². The highest BCUT2D eigenvalue weighted by molar-refractivity contribution is 7.99. The molecule has 0 bridgehead atoms. The van der Waals surface area contributed by atoms with Gasteiger partial charge >= 0.3 is 0 Å². The molecule has 0 atom stereocenters. The van der Waals surface area contributed by atoms with Crippen LogP contribution >= 0.6 is 35.8 Å². The van der Waals surface area contributed by atoms with Gasteiger partial charge in [-0.1, -0.05) is 11.6 Å². The van der Waals surface area contributed by atoms with E-state index in [1.54, 1.807) is 19.2 Å². The number of aromatic nitrogens is 2. The van der Waals surface area contributed by atoms with E-state index in [4.69, 9.17) is 21.1 Å². The number of ether oxygens (including phenoxy) is 2. The fourth-order valence-corrected chi connectivity index (χ4v) is 4.44. The third kappa shape index (κ3) is 5.58. The van der Waals surface area contributed by atoms with Crippen molar-refractivity contribution in [2.75, 3.05) is 50.2 Å². The second-order valence-corrected chi connectivity index (χ2v) is 8.59. The van der Waals surface area contributed by atoms with Crippen LogP contribution in [0.5, 0.6) is 17.2 Å². The van der Waals surface area contributed by atoms with Gasteiger partial charge in [0.1, 0.15) is 30.3 Å². The molecule has 0 saturated carbocycles. The molecule has 2 heterocycles. The number of hydrogen-bond donors (Lipinski definition) is 2.